The molecule has 8 atom stereocenters. The molecule has 5 saturated carbocycles. The summed E-state index contributed by atoms with van der Waals surface area (Å²) in [5.74, 6) is -0.262. The van der Waals surface area contributed by atoms with Gasteiger partial charge >= 0.3 is 11.9 Å². The van der Waals surface area contributed by atoms with Gasteiger partial charge in [-0.25, -0.2) is 9.59 Å². The number of allylic oxidation sites excluding steroid dienone is 2. The second-order valence-electron chi connectivity index (χ2n) is 16.0. The molecule has 44 heavy (non-hydrogen) atoms. The van der Waals surface area contributed by atoms with Crippen LogP contribution in [0, 0.1) is 33.5 Å². The van der Waals surface area contributed by atoms with E-state index in [9.17, 15) is 19.8 Å². The van der Waals surface area contributed by atoms with E-state index in [2.05, 4.69) is 41.5 Å². The van der Waals surface area contributed by atoms with Crippen LogP contribution in [0.4, 0.5) is 0 Å². The van der Waals surface area contributed by atoms with E-state index in [1.165, 1.54) is 26.3 Å². The Labute approximate surface area is 263 Å². The van der Waals surface area contributed by atoms with Crippen molar-refractivity contribution < 1.29 is 29.3 Å². The maximum Gasteiger partial charge on any atom is 0.343 e. The van der Waals surface area contributed by atoms with Gasteiger partial charge in [0.05, 0.1) is 12.1 Å². The highest BCUT2D eigenvalue weighted by molar-refractivity contribution is 6.10. The average Bonchev–Trinajstić information content (AvgIpc) is 3.46. The van der Waals surface area contributed by atoms with Crippen LogP contribution in [0.2, 0.25) is 0 Å². The van der Waals surface area contributed by atoms with Gasteiger partial charge in [-0.15, -0.1) is 0 Å². The number of fused-ring (bicyclic) bond motifs is 4. The second-order valence-corrected chi connectivity index (χ2v) is 16.0. The van der Waals surface area contributed by atoms with Crippen molar-refractivity contribution in [1.29, 1.82) is 0 Å². The Hall–Kier alpha value is -2.64. The Bertz CT molecular complexity index is 1190. The molecular formula is C36H54N2O6. The summed E-state index contributed by atoms with van der Waals surface area (Å²) in [6, 6.07) is -0.467. The summed E-state index contributed by atoms with van der Waals surface area (Å²) in [5, 5.41) is 20.9. The molecule has 0 aliphatic heterocycles. The highest BCUT2D eigenvalue weighted by Crippen LogP contribution is 2.67. The van der Waals surface area contributed by atoms with Crippen molar-refractivity contribution in [2.75, 3.05) is 0 Å². The van der Waals surface area contributed by atoms with Gasteiger partial charge in [0.2, 0.25) is 0 Å². The zero-order valence-electron chi connectivity index (χ0n) is 28.1. The topological polar surface area (TPSA) is 118 Å². The molecule has 0 saturated heterocycles. The van der Waals surface area contributed by atoms with E-state index in [1.54, 1.807) is 0 Å². The Balaban J connectivity index is 1.25. The maximum atomic E-state index is 13.3. The van der Waals surface area contributed by atoms with Crippen molar-refractivity contribution in [2.45, 2.75) is 144 Å². The largest absolute Gasteiger partial charge is 0.512 e. The summed E-state index contributed by atoms with van der Waals surface area (Å²) in [6.07, 6.45) is 12.1. The predicted molar refractivity (Wildman–Crippen MR) is 172 cm³/mol. The zero-order chi connectivity index (χ0) is 32.2. The molecule has 0 radical (unpaired) electrons. The van der Waals surface area contributed by atoms with Gasteiger partial charge in [0, 0.05) is 23.3 Å². The first-order valence-corrected chi connectivity index (χ1v) is 16.8. The standard InChI is InChI=1S/C36H54N2O6/c1-21(39)25(31(41)43-29-17-23-13-15-35(29,7)33(23,3)4)19-37-27-11-9-10-12-28(27)38-20-26(22(2)40)32(42)44-30-18-24-14-16-36(30,8)34(24,5)6/h19-20,23-24,27-30,39-40H,9-18H2,1-8H3/b25-21+,26-22+,37-19?,38-20?/t23?,24?,27-,28-,29?,30?,35?,36?/m1/s1. The minimum absolute atomic E-state index is 0.0696. The van der Waals surface area contributed by atoms with Gasteiger partial charge in [0.15, 0.2) is 0 Å². The van der Waals surface area contributed by atoms with Crippen LogP contribution < -0.4 is 0 Å². The Kier molecular flexibility index (Phi) is 8.65. The number of rotatable bonds is 8. The minimum atomic E-state index is -0.541. The fourth-order valence-corrected chi connectivity index (χ4v) is 9.37. The second kappa shape index (κ2) is 11.6. The number of esters is 2. The Morgan fingerprint density at radius 2 is 1.02 bits per heavy atom. The number of carbonyl (C=O) groups excluding carboxylic acids is 2. The van der Waals surface area contributed by atoms with E-state index >= 15 is 0 Å². The van der Waals surface area contributed by atoms with E-state index in [0.29, 0.717) is 11.8 Å². The molecule has 5 rings (SSSR count). The van der Waals surface area contributed by atoms with Crippen LogP contribution in [0.5, 0.6) is 0 Å². The normalized spacial score (nSPS) is 39.9. The molecule has 0 aromatic heterocycles. The molecule has 0 heterocycles. The van der Waals surface area contributed by atoms with Crippen LogP contribution in [-0.2, 0) is 19.1 Å². The van der Waals surface area contributed by atoms with Crippen molar-refractivity contribution in [3.63, 3.8) is 0 Å². The molecule has 0 amide bonds. The molecule has 2 N–H and O–H groups in total. The molecule has 0 spiro atoms. The summed E-state index contributed by atoms with van der Waals surface area (Å²) in [7, 11) is 0. The first-order valence-electron chi connectivity index (χ1n) is 16.8. The fourth-order valence-electron chi connectivity index (χ4n) is 9.37. The highest BCUT2D eigenvalue weighted by Gasteiger charge is 2.64. The lowest BCUT2D eigenvalue weighted by atomic mass is 9.70. The molecule has 0 aromatic carbocycles. The summed E-state index contributed by atoms with van der Waals surface area (Å²) < 4.78 is 12.1. The molecule has 0 aromatic rings. The van der Waals surface area contributed by atoms with Crippen LogP contribution in [0.1, 0.15) is 120 Å². The maximum absolute atomic E-state index is 13.3. The van der Waals surface area contributed by atoms with E-state index in [-0.39, 0.29) is 68.6 Å². The van der Waals surface area contributed by atoms with Crippen LogP contribution in [0.15, 0.2) is 32.6 Å². The quantitative estimate of drug-likeness (QED) is 0.126. The van der Waals surface area contributed by atoms with Crippen molar-refractivity contribution in [1.82, 2.24) is 0 Å². The molecule has 8 nitrogen and oxygen atoms in total. The van der Waals surface area contributed by atoms with Crippen LogP contribution in [0.3, 0.4) is 0 Å². The Morgan fingerprint density at radius 3 is 1.30 bits per heavy atom. The number of aliphatic hydroxyl groups is 2. The molecule has 6 unspecified atom stereocenters. The first-order chi connectivity index (χ1) is 20.5. The molecule has 5 aliphatic carbocycles. The summed E-state index contributed by atoms with van der Waals surface area (Å²) in [4.78, 5) is 36.0. The zero-order valence-corrected chi connectivity index (χ0v) is 28.1. The van der Waals surface area contributed by atoms with Gasteiger partial charge < -0.3 is 19.7 Å². The number of carbonyl (C=O) groups is 2. The van der Waals surface area contributed by atoms with Gasteiger partial charge in [-0.2, -0.15) is 0 Å². The van der Waals surface area contributed by atoms with Crippen molar-refractivity contribution in [3.05, 3.63) is 22.7 Å². The van der Waals surface area contributed by atoms with Crippen LogP contribution >= 0.6 is 0 Å². The SMILES string of the molecule is C/C(O)=C(/C=N[C@@H]1CCCC[C@H]1N=C/C(C(=O)OC1CC2CCC1(C)C2(C)C)=C(/C)O)C(=O)OC1CC2CCC1(C)C2(C)C. The van der Waals surface area contributed by atoms with Gasteiger partial charge in [0.25, 0.3) is 0 Å². The minimum Gasteiger partial charge on any atom is -0.512 e. The molecule has 8 heteroatoms. The number of ether oxygens (including phenoxy) is 2. The average molecular weight is 611 g/mol. The fraction of sp³-hybridized carbons (Fsp3) is 0.778. The van der Waals surface area contributed by atoms with Crippen molar-refractivity contribution >= 4 is 24.4 Å². The Morgan fingerprint density at radius 1 is 0.659 bits per heavy atom. The summed E-state index contributed by atoms with van der Waals surface area (Å²) in [6.45, 7) is 16.5. The summed E-state index contributed by atoms with van der Waals surface area (Å²) >= 11 is 0. The van der Waals surface area contributed by atoms with E-state index < -0.39 is 11.9 Å². The summed E-state index contributed by atoms with van der Waals surface area (Å²) in [5.41, 5.74) is 0.195. The lowest BCUT2D eigenvalue weighted by Gasteiger charge is -2.38. The van der Waals surface area contributed by atoms with E-state index in [1.807, 2.05) is 0 Å². The third-order valence-electron chi connectivity index (χ3n) is 13.6. The predicted octanol–water partition coefficient (Wildman–Crippen LogP) is 7.62. The van der Waals surface area contributed by atoms with Gasteiger partial charge in [0.1, 0.15) is 34.9 Å². The first kappa shape index (κ1) is 32.7. The van der Waals surface area contributed by atoms with E-state index in [0.717, 1.165) is 64.2 Å². The lowest BCUT2D eigenvalue weighted by molar-refractivity contribution is -0.152. The monoisotopic (exact) mass is 610 g/mol. The van der Waals surface area contributed by atoms with E-state index in [4.69, 9.17) is 19.5 Å². The third-order valence-corrected chi connectivity index (χ3v) is 13.6. The number of hydrogen-bond acceptors (Lipinski definition) is 8. The smallest absolute Gasteiger partial charge is 0.343 e. The van der Waals surface area contributed by atoms with Gasteiger partial charge in [-0.3, -0.25) is 9.98 Å². The molecule has 5 fully saturated rings. The molecular weight excluding hydrogens is 556 g/mol. The third kappa shape index (κ3) is 5.32. The van der Waals surface area contributed by atoms with Crippen molar-refractivity contribution in [3.8, 4) is 0 Å². The van der Waals surface area contributed by atoms with Crippen LogP contribution in [-0.4, -0.2) is 58.9 Å². The molecule has 4 bridgehead atoms. The van der Waals surface area contributed by atoms with Gasteiger partial charge in [-0.05, 0) is 87.9 Å². The number of nitrogens with zero attached hydrogens (tertiary/aromatic N) is 2. The van der Waals surface area contributed by atoms with Gasteiger partial charge in [-0.1, -0.05) is 54.4 Å². The molecule has 5 aliphatic rings. The number of hydrogen-bond donors (Lipinski definition) is 2. The number of aliphatic imine (C=N–C) groups is 2. The number of aliphatic hydroxyl groups excluding tert-OH is 2. The highest BCUT2D eigenvalue weighted by atomic mass is 16.6. The van der Waals surface area contributed by atoms with Crippen molar-refractivity contribution in [2.24, 2.45) is 43.5 Å². The molecule has 244 valence electrons. The lowest BCUT2D eigenvalue weighted by Crippen LogP contribution is -2.38. The van der Waals surface area contributed by atoms with Crippen LogP contribution in [0.25, 0.3) is 0 Å².